The molecule has 1 aliphatic rings. The number of pyridine rings is 1. The quantitative estimate of drug-likeness (QED) is 0.925. The van der Waals surface area contributed by atoms with E-state index in [2.05, 4.69) is 15.2 Å². The molecule has 25 heavy (non-hydrogen) atoms. The van der Waals surface area contributed by atoms with Gasteiger partial charge in [0.05, 0.1) is 5.69 Å². The van der Waals surface area contributed by atoms with Crippen molar-refractivity contribution in [2.45, 2.75) is 0 Å². The molecule has 1 aromatic carbocycles. The number of anilines is 1. The summed E-state index contributed by atoms with van der Waals surface area (Å²) in [6.45, 7) is 2.86. The van der Waals surface area contributed by atoms with Crippen molar-refractivity contribution in [3.63, 3.8) is 0 Å². The zero-order valence-electron chi connectivity index (χ0n) is 13.9. The molecular formula is C18H19FN4O2. The van der Waals surface area contributed by atoms with Gasteiger partial charge in [-0.1, -0.05) is 18.2 Å². The van der Waals surface area contributed by atoms with Crippen LogP contribution in [-0.4, -0.2) is 59.8 Å². The van der Waals surface area contributed by atoms with Crippen molar-refractivity contribution in [2.75, 3.05) is 38.5 Å². The lowest BCUT2D eigenvalue weighted by molar-refractivity contribution is 0.0658. The minimum Gasteiger partial charge on any atom is -0.335 e. The lowest BCUT2D eigenvalue weighted by Gasteiger charge is -2.32. The monoisotopic (exact) mass is 342 g/mol. The van der Waals surface area contributed by atoms with Crippen molar-refractivity contribution in [3.8, 4) is 0 Å². The van der Waals surface area contributed by atoms with Crippen LogP contribution in [0.2, 0.25) is 0 Å². The van der Waals surface area contributed by atoms with Crippen LogP contribution in [0, 0.1) is 5.82 Å². The molecule has 0 atom stereocenters. The molecule has 1 N–H and O–H groups in total. The van der Waals surface area contributed by atoms with Gasteiger partial charge in [0.2, 0.25) is 0 Å². The first-order chi connectivity index (χ1) is 12.0. The minimum absolute atomic E-state index is 0.0724. The summed E-state index contributed by atoms with van der Waals surface area (Å²) in [5, 5.41) is 2.47. The topological polar surface area (TPSA) is 65.5 Å². The van der Waals surface area contributed by atoms with Gasteiger partial charge >= 0.3 is 0 Å². The normalized spacial score (nSPS) is 15.0. The maximum absolute atomic E-state index is 13.6. The second-order valence-electron chi connectivity index (χ2n) is 5.94. The van der Waals surface area contributed by atoms with Crippen LogP contribution in [0.3, 0.4) is 0 Å². The van der Waals surface area contributed by atoms with Gasteiger partial charge in [-0.25, -0.2) is 9.37 Å². The van der Waals surface area contributed by atoms with Gasteiger partial charge in [-0.15, -0.1) is 0 Å². The number of amides is 2. The second kappa shape index (κ2) is 7.40. The van der Waals surface area contributed by atoms with E-state index in [9.17, 15) is 14.0 Å². The van der Waals surface area contributed by atoms with E-state index >= 15 is 0 Å². The zero-order valence-corrected chi connectivity index (χ0v) is 13.9. The molecule has 0 bridgehead atoms. The maximum Gasteiger partial charge on any atom is 0.274 e. The van der Waals surface area contributed by atoms with Gasteiger partial charge in [-0.3, -0.25) is 9.59 Å². The largest absolute Gasteiger partial charge is 0.335 e. The van der Waals surface area contributed by atoms with Crippen LogP contribution in [0.1, 0.15) is 21.0 Å². The van der Waals surface area contributed by atoms with Crippen molar-refractivity contribution < 1.29 is 14.0 Å². The predicted molar refractivity (Wildman–Crippen MR) is 92.0 cm³/mol. The van der Waals surface area contributed by atoms with E-state index < -0.39 is 11.7 Å². The Morgan fingerprint density at radius 3 is 2.40 bits per heavy atom. The van der Waals surface area contributed by atoms with Crippen molar-refractivity contribution in [1.82, 2.24) is 14.8 Å². The van der Waals surface area contributed by atoms with Crippen LogP contribution in [-0.2, 0) is 0 Å². The summed E-state index contributed by atoms with van der Waals surface area (Å²) in [5.74, 6) is -1.28. The Morgan fingerprint density at radius 2 is 1.68 bits per heavy atom. The lowest BCUT2D eigenvalue weighted by Crippen LogP contribution is -2.47. The molecule has 0 aliphatic carbocycles. The number of nitrogens with zero attached hydrogens (tertiary/aromatic N) is 3. The van der Waals surface area contributed by atoms with E-state index in [0.29, 0.717) is 13.1 Å². The molecule has 1 aromatic heterocycles. The first kappa shape index (κ1) is 17.0. The van der Waals surface area contributed by atoms with Crippen molar-refractivity contribution in [1.29, 1.82) is 0 Å². The minimum atomic E-state index is -0.557. The number of piperazine rings is 1. The Labute approximate surface area is 145 Å². The van der Waals surface area contributed by atoms with Gasteiger partial charge < -0.3 is 15.1 Å². The van der Waals surface area contributed by atoms with Crippen LogP contribution in [0.25, 0.3) is 0 Å². The van der Waals surface area contributed by atoms with Gasteiger partial charge in [-0.05, 0) is 31.3 Å². The Balaban J connectivity index is 1.73. The molecule has 1 saturated heterocycles. The van der Waals surface area contributed by atoms with Crippen LogP contribution >= 0.6 is 0 Å². The van der Waals surface area contributed by atoms with Crippen LogP contribution < -0.4 is 5.32 Å². The highest BCUT2D eigenvalue weighted by Crippen LogP contribution is 2.14. The summed E-state index contributed by atoms with van der Waals surface area (Å²) in [6.07, 6.45) is 0. The van der Waals surface area contributed by atoms with Gasteiger partial charge in [0, 0.05) is 26.2 Å². The highest BCUT2D eigenvalue weighted by atomic mass is 19.1. The molecule has 7 heteroatoms. The van der Waals surface area contributed by atoms with Crippen LogP contribution in [0.5, 0.6) is 0 Å². The lowest BCUT2D eigenvalue weighted by atomic mass is 10.2. The van der Waals surface area contributed by atoms with Crippen LogP contribution in [0.15, 0.2) is 42.5 Å². The van der Waals surface area contributed by atoms with Crippen molar-refractivity contribution in [2.24, 2.45) is 0 Å². The number of nitrogens with one attached hydrogen (secondary N) is 1. The number of para-hydroxylation sites is 1. The zero-order chi connectivity index (χ0) is 17.8. The first-order valence-electron chi connectivity index (χ1n) is 8.05. The second-order valence-corrected chi connectivity index (χ2v) is 5.94. The highest BCUT2D eigenvalue weighted by Gasteiger charge is 2.22. The summed E-state index contributed by atoms with van der Waals surface area (Å²) in [7, 11) is 2.01. The Morgan fingerprint density at radius 1 is 1.00 bits per heavy atom. The van der Waals surface area contributed by atoms with Crippen molar-refractivity contribution >= 4 is 17.5 Å². The fourth-order valence-electron chi connectivity index (χ4n) is 2.60. The number of benzene rings is 1. The van der Waals surface area contributed by atoms with E-state index in [1.54, 1.807) is 29.2 Å². The smallest absolute Gasteiger partial charge is 0.274 e. The molecule has 2 aromatic rings. The summed E-state index contributed by atoms with van der Waals surface area (Å²) in [4.78, 5) is 32.9. The molecule has 1 aliphatic heterocycles. The summed E-state index contributed by atoms with van der Waals surface area (Å²) in [6, 6.07) is 10.6. The van der Waals surface area contributed by atoms with Crippen molar-refractivity contribution in [3.05, 3.63) is 59.7 Å². The third kappa shape index (κ3) is 4.00. The number of hydrogen-bond donors (Lipinski definition) is 1. The number of aromatic nitrogens is 1. The fraction of sp³-hybridized carbons (Fsp3) is 0.278. The number of carbonyl (C=O) groups is 2. The average Bonchev–Trinajstić information content (AvgIpc) is 2.64. The Hall–Kier alpha value is -2.80. The molecular weight excluding hydrogens is 323 g/mol. The first-order valence-corrected chi connectivity index (χ1v) is 8.05. The van der Waals surface area contributed by atoms with E-state index in [1.807, 2.05) is 7.05 Å². The predicted octanol–water partition coefficient (Wildman–Crippen LogP) is 1.86. The Bertz CT molecular complexity index is 788. The number of halogens is 1. The van der Waals surface area contributed by atoms with Gasteiger partial charge in [-0.2, -0.15) is 0 Å². The third-order valence-electron chi connectivity index (χ3n) is 4.11. The van der Waals surface area contributed by atoms with E-state index in [-0.39, 0.29) is 23.0 Å². The molecule has 1 fully saturated rings. The van der Waals surface area contributed by atoms with Crippen LogP contribution in [0.4, 0.5) is 10.1 Å². The Kier molecular flexibility index (Phi) is 5.04. The molecule has 0 unspecified atom stereocenters. The van der Waals surface area contributed by atoms with E-state index in [1.165, 1.54) is 18.2 Å². The van der Waals surface area contributed by atoms with E-state index in [0.717, 1.165) is 13.1 Å². The molecule has 2 amide bonds. The van der Waals surface area contributed by atoms with Gasteiger partial charge in [0.1, 0.15) is 17.2 Å². The van der Waals surface area contributed by atoms with E-state index in [4.69, 9.17) is 0 Å². The number of carbonyl (C=O) groups excluding carboxylic acids is 2. The SMILES string of the molecule is CN1CCN(C(=O)c2cccc(C(=O)Nc3ccccc3F)n2)CC1. The summed E-state index contributed by atoms with van der Waals surface area (Å²) >= 11 is 0. The molecule has 2 heterocycles. The average molecular weight is 342 g/mol. The molecule has 130 valence electrons. The third-order valence-corrected chi connectivity index (χ3v) is 4.11. The standard InChI is InChI=1S/C18H19FN4O2/c1-22-9-11-23(12-10-22)18(25)16-8-4-7-15(20-16)17(24)21-14-6-3-2-5-13(14)19/h2-8H,9-12H2,1H3,(H,21,24). The number of rotatable bonds is 3. The fourth-order valence-corrected chi connectivity index (χ4v) is 2.60. The molecule has 6 nitrogen and oxygen atoms in total. The maximum atomic E-state index is 13.6. The summed E-state index contributed by atoms with van der Waals surface area (Å²) < 4.78 is 13.6. The molecule has 3 rings (SSSR count). The number of likely N-dealkylation sites (N-methyl/N-ethyl adjacent to an activating group) is 1. The van der Waals surface area contributed by atoms with Gasteiger partial charge in [0.15, 0.2) is 0 Å². The molecule has 0 spiro atoms. The van der Waals surface area contributed by atoms with Gasteiger partial charge in [0.25, 0.3) is 11.8 Å². The number of hydrogen-bond acceptors (Lipinski definition) is 4. The molecule has 0 radical (unpaired) electrons. The summed E-state index contributed by atoms with van der Waals surface area (Å²) in [5.41, 5.74) is 0.360. The molecule has 0 saturated carbocycles. The highest BCUT2D eigenvalue weighted by molar-refractivity contribution is 6.03.